The number of rotatable bonds is 4. The van der Waals surface area contributed by atoms with Crippen molar-refractivity contribution in [1.82, 2.24) is 24.4 Å². The fourth-order valence-corrected chi connectivity index (χ4v) is 5.36. The highest BCUT2D eigenvalue weighted by Gasteiger charge is 2.33. The molecule has 1 saturated carbocycles. The lowest BCUT2D eigenvalue weighted by Gasteiger charge is -2.31. The molecule has 28 heavy (non-hydrogen) atoms. The molecule has 146 valence electrons. The second kappa shape index (κ2) is 6.49. The molecule has 0 bridgehead atoms. The van der Waals surface area contributed by atoms with E-state index in [1.807, 2.05) is 6.07 Å². The van der Waals surface area contributed by atoms with Crippen molar-refractivity contribution in [3.05, 3.63) is 46.4 Å². The summed E-state index contributed by atoms with van der Waals surface area (Å²) in [6.07, 6.45) is 3.30. The summed E-state index contributed by atoms with van der Waals surface area (Å²) < 4.78 is 33.8. The fourth-order valence-electron chi connectivity index (χ4n) is 3.75. The van der Waals surface area contributed by atoms with Crippen LogP contribution >= 0.6 is 0 Å². The minimum absolute atomic E-state index is 0.0933. The third kappa shape index (κ3) is 2.92. The monoisotopic (exact) mass is 401 g/mol. The van der Waals surface area contributed by atoms with Crippen LogP contribution in [-0.4, -0.2) is 45.9 Å². The first-order valence-electron chi connectivity index (χ1n) is 9.35. The van der Waals surface area contributed by atoms with Crippen LogP contribution in [0.3, 0.4) is 0 Å². The smallest absolute Gasteiger partial charge is 0.267 e. The average Bonchev–Trinajstić information content (AvgIpc) is 3.44. The summed E-state index contributed by atoms with van der Waals surface area (Å²) >= 11 is 0. The summed E-state index contributed by atoms with van der Waals surface area (Å²) in [6, 6.07) is 8.08. The van der Waals surface area contributed by atoms with Gasteiger partial charge in [-0.2, -0.15) is 9.40 Å². The molecular weight excluding hydrogens is 382 g/mol. The molecule has 5 rings (SSSR count). The molecule has 2 aromatic heterocycles. The van der Waals surface area contributed by atoms with Gasteiger partial charge in [-0.25, -0.2) is 17.7 Å². The molecule has 1 saturated heterocycles. The molecule has 9 nitrogen and oxygen atoms in total. The Bertz CT molecular complexity index is 1190. The van der Waals surface area contributed by atoms with Crippen molar-refractivity contribution in [1.29, 1.82) is 0 Å². The Hall–Kier alpha value is -2.59. The molecular formula is C18H19N5O4S. The zero-order chi connectivity index (χ0) is 19.3. The molecule has 0 radical (unpaired) electrons. The number of benzene rings is 1. The lowest BCUT2D eigenvalue weighted by Crippen LogP contribution is -2.41. The van der Waals surface area contributed by atoms with Crippen molar-refractivity contribution in [2.45, 2.75) is 42.5 Å². The highest BCUT2D eigenvalue weighted by atomic mass is 32.2. The maximum Gasteiger partial charge on any atom is 0.267 e. The van der Waals surface area contributed by atoms with Gasteiger partial charge in [0.2, 0.25) is 10.0 Å². The van der Waals surface area contributed by atoms with E-state index in [1.54, 1.807) is 22.9 Å². The summed E-state index contributed by atoms with van der Waals surface area (Å²) in [5.74, 6) is 0.462. The van der Waals surface area contributed by atoms with Gasteiger partial charge in [0, 0.05) is 25.1 Å². The van der Waals surface area contributed by atoms with Gasteiger partial charge in [0.1, 0.15) is 10.4 Å². The Balaban J connectivity index is 1.38. The van der Waals surface area contributed by atoms with Gasteiger partial charge in [0.05, 0.1) is 11.7 Å². The Morgan fingerprint density at radius 3 is 2.54 bits per heavy atom. The second-order valence-electron chi connectivity index (χ2n) is 7.34. The molecule has 0 atom stereocenters. The Morgan fingerprint density at radius 2 is 1.79 bits per heavy atom. The number of fused-ring (bicyclic) bond motifs is 1. The maximum atomic E-state index is 13.1. The molecule has 3 heterocycles. The molecule has 2 fully saturated rings. The molecule has 1 aliphatic carbocycles. The van der Waals surface area contributed by atoms with Gasteiger partial charge in [0.15, 0.2) is 5.52 Å². The predicted molar refractivity (Wildman–Crippen MR) is 99.3 cm³/mol. The van der Waals surface area contributed by atoms with Crippen LogP contribution in [0.25, 0.3) is 11.0 Å². The summed E-state index contributed by atoms with van der Waals surface area (Å²) in [5, 5.41) is 12.0. The topological polar surface area (TPSA) is 111 Å². The van der Waals surface area contributed by atoms with E-state index in [1.165, 1.54) is 10.4 Å². The summed E-state index contributed by atoms with van der Waals surface area (Å²) in [6.45, 7) is 0.632. The van der Waals surface area contributed by atoms with Crippen LogP contribution in [0.4, 0.5) is 0 Å². The first-order chi connectivity index (χ1) is 13.5. The van der Waals surface area contributed by atoms with Crippen molar-refractivity contribution in [2.24, 2.45) is 0 Å². The molecule has 0 spiro atoms. The molecule has 1 aromatic carbocycles. The molecule has 10 heteroatoms. The van der Waals surface area contributed by atoms with Crippen LogP contribution < -0.4 is 5.56 Å². The van der Waals surface area contributed by atoms with Crippen LogP contribution in [0.1, 0.15) is 43.3 Å². The number of nitrogens with zero attached hydrogens (tertiary/aromatic N) is 5. The van der Waals surface area contributed by atoms with Gasteiger partial charge in [-0.15, -0.1) is 0 Å². The number of aromatic nitrogens is 4. The molecule has 3 aromatic rings. The SMILES string of the molecule is O=c1ccc(C2CC2)nn1C1CCN(S(=O)(=O)c2cccc3nonc23)CC1. The van der Waals surface area contributed by atoms with E-state index in [-0.39, 0.29) is 22.0 Å². The fraction of sp³-hybridized carbons (Fsp3) is 0.444. The van der Waals surface area contributed by atoms with Gasteiger partial charge in [-0.3, -0.25) is 4.79 Å². The van der Waals surface area contributed by atoms with Gasteiger partial charge in [-0.1, -0.05) is 6.07 Å². The van der Waals surface area contributed by atoms with E-state index in [4.69, 9.17) is 0 Å². The predicted octanol–water partition coefficient (Wildman–Crippen LogP) is 1.68. The summed E-state index contributed by atoms with van der Waals surface area (Å²) in [7, 11) is -3.72. The molecule has 0 amide bonds. The molecule has 1 aliphatic heterocycles. The Morgan fingerprint density at radius 1 is 1.00 bits per heavy atom. The highest BCUT2D eigenvalue weighted by molar-refractivity contribution is 7.89. The number of sulfonamides is 1. The van der Waals surface area contributed by atoms with Gasteiger partial charge in [-0.05, 0) is 54.2 Å². The normalized spacial score (nSPS) is 19.3. The van der Waals surface area contributed by atoms with E-state index in [0.29, 0.717) is 37.4 Å². The van der Waals surface area contributed by atoms with E-state index >= 15 is 0 Å². The lowest BCUT2D eigenvalue weighted by molar-refractivity contribution is 0.254. The lowest BCUT2D eigenvalue weighted by atomic mass is 10.1. The first kappa shape index (κ1) is 17.5. The maximum absolute atomic E-state index is 13.1. The second-order valence-corrected chi connectivity index (χ2v) is 9.25. The highest BCUT2D eigenvalue weighted by Crippen LogP contribution is 2.38. The molecule has 2 aliphatic rings. The Labute approximate surface area is 161 Å². The van der Waals surface area contributed by atoms with Crippen LogP contribution in [0, 0.1) is 0 Å². The van der Waals surface area contributed by atoms with Gasteiger partial charge in [0.25, 0.3) is 5.56 Å². The van der Waals surface area contributed by atoms with Crippen LogP contribution in [0.15, 0.2) is 44.7 Å². The van der Waals surface area contributed by atoms with Gasteiger partial charge < -0.3 is 0 Å². The van der Waals surface area contributed by atoms with Crippen LogP contribution in [-0.2, 0) is 10.0 Å². The van der Waals surface area contributed by atoms with Crippen molar-refractivity contribution < 1.29 is 13.0 Å². The third-order valence-corrected chi connectivity index (χ3v) is 7.41. The Kier molecular flexibility index (Phi) is 4.06. The van der Waals surface area contributed by atoms with Crippen LogP contribution in [0.5, 0.6) is 0 Å². The number of hydrogen-bond donors (Lipinski definition) is 0. The van der Waals surface area contributed by atoms with E-state index in [2.05, 4.69) is 20.0 Å². The quantitative estimate of drug-likeness (QED) is 0.654. The zero-order valence-corrected chi connectivity index (χ0v) is 15.9. The van der Waals surface area contributed by atoms with E-state index in [9.17, 15) is 13.2 Å². The zero-order valence-electron chi connectivity index (χ0n) is 15.1. The van der Waals surface area contributed by atoms with Crippen molar-refractivity contribution in [3.63, 3.8) is 0 Å². The summed E-state index contributed by atoms with van der Waals surface area (Å²) in [5.41, 5.74) is 1.47. The standard InChI is InChI=1S/C18H19N5O4S/c24-17-7-6-14(12-4-5-12)19-23(17)13-8-10-22(11-9-13)28(25,26)16-3-1-2-15-18(16)21-27-20-15/h1-3,6-7,12-13H,4-5,8-11H2. The van der Waals surface area contributed by atoms with Crippen molar-refractivity contribution in [3.8, 4) is 0 Å². The number of piperidine rings is 1. The summed E-state index contributed by atoms with van der Waals surface area (Å²) in [4.78, 5) is 12.4. The average molecular weight is 401 g/mol. The third-order valence-electron chi connectivity index (χ3n) is 5.48. The first-order valence-corrected chi connectivity index (χ1v) is 10.8. The minimum Gasteiger partial charge on any atom is -0.268 e. The van der Waals surface area contributed by atoms with Crippen LogP contribution in [0.2, 0.25) is 0 Å². The van der Waals surface area contributed by atoms with Crippen molar-refractivity contribution in [2.75, 3.05) is 13.1 Å². The molecule has 0 unspecified atom stereocenters. The minimum atomic E-state index is -3.72. The molecule has 0 N–H and O–H groups in total. The van der Waals surface area contributed by atoms with Gasteiger partial charge >= 0.3 is 0 Å². The number of hydrogen-bond acceptors (Lipinski definition) is 7. The van der Waals surface area contributed by atoms with E-state index < -0.39 is 10.0 Å². The largest absolute Gasteiger partial charge is 0.268 e. The van der Waals surface area contributed by atoms with E-state index in [0.717, 1.165) is 18.5 Å². The van der Waals surface area contributed by atoms with Crippen molar-refractivity contribution >= 4 is 21.1 Å².